The predicted octanol–water partition coefficient (Wildman–Crippen LogP) is 2.10. The van der Waals surface area contributed by atoms with Crippen molar-refractivity contribution >= 4 is 32.6 Å². The van der Waals surface area contributed by atoms with Crippen LogP contribution in [0.2, 0.25) is 0 Å². The van der Waals surface area contributed by atoms with Crippen LogP contribution in [-0.4, -0.2) is 61.0 Å². The van der Waals surface area contributed by atoms with Gasteiger partial charge in [0.25, 0.3) is 0 Å². The summed E-state index contributed by atoms with van der Waals surface area (Å²) in [5, 5.41) is 1.02. The van der Waals surface area contributed by atoms with Crippen LogP contribution in [0.5, 0.6) is 0 Å². The van der Waals surface area contributed by atoms with Crippen molar-refractivity contribution in [2.45, 2.75) is 18.6 Å². The summed E-state index contributed by atoms with van der Waals surface area (Å²) in [4.78, 5) is 21.6. The Hall–Kier alpha value is -1.70. The molecular weight excluding hydrogens is 338 g/mol. The molecule has 1 aromatic carbocycles. The summed E-state index contributed by atoms with van der Waals surface area (Å²) in [6.45, 7) is 4.36. The number of rotatable bonds is 2. The number of carbonyl (C=O) groups is 1. The number of amides is 1. The molecule has 132 valence electrons. The summed E-state index contributed by atoms with van der Waals surface area (Å²) in [6.07, 6.45) is 1.57. The molecule has 0 N–H and O–H groups in total. The number of benzene rings is 1. The molecule has 0 unspecified atom stereocenters. The zero-order chi connectivity index (χ0) is 16.9. The van der Waals surface area contributed by atoms with Gasteiger partial charge < -0.3 is 19.3 Å². The third kappa shape index (κ3) is 2.70. The second kappa shape index (κ2) is 5.93. The normalized spacial score (nSPS) is 23.4. The summed E-state index contributed by atoms with van der Waals surface area (Å²) in [5.41, 5.74) is 1.04. The van der Waals surface area contributed by atoms with Crippen LogP contribution >= 0.6 is 11.3 Å². The van der Waals surface area contributed by atoms with E-state index >= 15 is 0 Å². The van der Waals surface area contributed by atoms with E-state index in [1.54, 1.807) is 11.3 Å². The highest BCUT2D eigenvalue weighted by molar-refractivity contribution is 7.22. The maximum Gasteiger partial charge on any atom is 0.229 e. The fourth-order valence-corrected chi connectivity index (χ4v) is 4.88. The molecule has 0 atom stereocenters. The van der Waals surface area contributed by atoms with Crippen molar-refractivity contribution in [2.24, 2.45) is 5.92 Å². The molecule has 0 radical (unpaired) electrons. The SMILES string of the molecule is O=C(C1CN(c2nc3ccccc3s2)C1)N1CCC2(CC1)OCCO2. The van der Waals surface area contributed by atoms with E-state index in [1.807, 2.05) is 23.1 Å². The number of fused-ring (bicyclic) bond motifs is 1. The first kappa shape index (κ1) is 15.5. The molecule has 1 amide bonds. The maximum atomic E-state index is 12.7. The lowest BCUT2D eigenvalue weighted by atomic mass is 9.96. The van der Waals surface area contributed by atoms with Crippen molar-refractivity contribution in [3.63, 3.8) is 0 Å². The van der Waals surface area contributed by atoms with E-state index in [0.29, 0.717) is 13.2 Å². The van der Waals surface area contributed by atoms with Gasteiger partial charge in [0, 0.05) is 39.0 Å². The molecule has 0 aliphatic carbocycles. The third-order valence-corrected chi connectivity index (χ3v) is 6.53. The van der Waals surface area contributed by atoms with E-state index in [1.165, 1.54) is 4.70 Å². The number of carbonyl (C=O) groups excluding carboxylic acids is 1. The number of hydrogen-bond donors (Lipinski definition) is 0. The lowest BCUT2D eigenvalue weighted by Gasteiger charge is -2.43. The fourth-order valence-electron chi connectivity index (χ4n) is 3.90. The quantitative estimate of drug-likeness (QED) is 0.822. The van der Waals surface area contributed by atoms with Crippen LogP contribution in [0.3, 0.4) is 0 Å². The molecule has 0 saturated carbocycles. The van der Waals surface area contributed by atoms with Crippen molar-refractivity contribution in [1.82, 2.24) is 9.88 Å². The molecule has 3 aliphatic heterocycles. The van der Waals surface area contributed by atoms with Gasteiger partial charge in [0.15, 0.2) is 10.9 Å². The number of thiazole rings is 1. The zero-order valence-corrected chi connectivity index (χ0v) is 14.8. The fraction of sp³-hybridized carbons (Fsp3) is 0.556. The van der Waals surface area contributed by atoms with E-state index in [0.717, 1.165) is 49.7 Å². The number of nitrogens with zero attached hydrogens (tertiary/aromatic N) is 3. The van der Waals surface area contributed by atoms with Crippen LogP contribution in [-0.2, 0) is 14.3 Å². The van der Waals surface area contributed by atoms with Gasteiger partial charge in [0.1, 0.15) is 0 Å². The molecule has 1 aromatic heterocycles. The molecule has 2 aromatic rings. The van der Waals surface area contributed by atoms with Crippen LogP contribution in [0.15, 0.2) is 24.3 Å². The first-order valence-corrected chi connectivity index (χ1v) is 9.71. The van der Waals surface area contributed by atoms with Crippen molar-refractivity contribution in [2.75, 3.05) is 44.3 Å². The average Bonchev–Trinajstić information content (AvgIpc) is 3.21. The van der Waals surface area contributed by atoms with E-state index in [9.17, 15) is 4.79 Å². The average molecular weight is 359 g/mol. The Morgan fingerprint density at radius 2 is 1.88 bits per heavy atom. The molecule has 4 heterocycles. The Bertz CT molecular complexity index is 753. The largest absolute Gasteiger partial charge is 0.347 e. The standard InChI is InChI=1S/C18H21N3O3S/c22-16(20-7-5-18(6-8-20)23-9-10-24-18)13-11-21(12-13)17-19-14-3-1-2-4-15(14)25-17/h1-4,13H,5-12H2. The second-order valence-electron chi connectivity index (χ2n) is 7.00. The molecule has 3 fully saturated rings. The minimum absolute atomic E-state index is 0.0893. The first-order valence-electron chi connectivity index (χ1n) is 8.90. The zero-order valence-electron chi connectivity index (χ0n) is 14.0. The molecule has 3 saturated heterocycles. The van der Waals surface area contributed by atoms with Crippen LogP contribution in [0.1, 0.15) is 12.8 Å². The highest BCUT2D eigenvalue weighted by Crippen LogP contribution is 2.35. The number of anilines is 1. The summed E-state index contributed by atoms with van der Waals surface area (Å²) in [7, 11) is 0. The molecule has 7 heteroatoms. The lowest BCUT2D eigenvalue weighted by Crippen LogP contribution is -2.57. The topological polar surface area (TPSA) is 54.9 Å². The number of hydrogen-bond acceptors (Lipinski definition) is 6. The van der Waals surface area contributed by atoms with Gasteiger partial charge in [-0.3, -0.25) is 4.79 Å². The van der Waals surface area contributed by atoms with E-state index in [4.69, 9.17) is 9.47 Å². The Labute approximate surface area is 150 Å². The first-order chi connectivity index (χ1) is 12.2. The smallest absolute Gasteiger partial charge is 0.229 e. The summed E-state index contributed by atoms with van der Waals surface area (Å²) in [6, 6.07) is 8.17. The Kier molecular flexibility index (Phi) is 3.69. The Balaban J connectivity index is 1.18. The van der Waals surface area contributed by atoms with Gasteiger partial charge in [-0.1, -0.05) is 23.5 Å². The number of para-hydroxylation sites is 1. The van der Waals surface area contributed by atoms with Gasteiger partial charge in [-0.25, -0.2) is 4.98 Å². The van der Waals surface area contributed by atoms with Crippen molar-refractivity contribution < 1.29 is 14.3 Å². The third-order valence-electron chi connectivity index (χ3n) is 5.43. The van der Waals surface area contributed by atoms with Crippen LogP contribution in [0.4, 0.5) is 5.13 Å². The maximum absolute atomic E-state index is 12.7. The Morgan fingerprint density at radius 1 is 1.16 bits per heavy atom. The van der Waals surface area contributed by atoms with E-state index in [2.05, 4.69) is 16.0 Å². The van der Waals surface area contributed by atoms with Crippen molar-refractivity contribution in [3.05, 3.63) is 24.3 Å². The number of piperidine rings is 1. The predicted molar refractivity (Wildman–Crippen MR) is 95.8 cm³/mol. The highest BCUT2D eigenvalue weighted by Gasteiger charge is 2.43. The molecular formula is C18H21N3O3S. The van der Waals surface area contributed by atoms with Gasteiger partial charge in [-0.15, -0.1) is 0 Å². The molecule has 1 spiro atoms. The molecule has 3 aliphatic rings. The minimum atomic E-state index is -0.413. The monoisotopic (exact) mass is 359 g/mol. The number of aromatic nitrogens is 1. The Morgan fingerprint density at radius 3 is 2.60 bits per heavy atom. The molecule has 5 rings (SSSR count). The van der Waals surface area contributed by atoms with Crippen molar-refractivity contribution in [1.29, 1.82) is 0 Å². The molecule has 6 nitrogen and oxygen atoms in total. The molecule has 0 bridgehead atoms. The number of likely N-dealkylation sites (tertiary alicyclic amines) is 1. The highest BCUT2D eigenvalue weighted by atomic mass is 32.1. The van der Waals surface area contributed by atoms with Crippen molar-refractivity contribution in [3.8, 4) is 0 Å². The lowest BCUT2D eigenvalue weighted by molar-refractivity contribution is -0.188. The van der Waals surface area contributed by atoms with Gasteiger partial charge in [0.2, 0.25) is 5.91 Å². The van der Waals surface area contributed by atoms with Gasteiger partial charge in [0.05, 0.1) is 29.3 Å². The summed E-state index contributed by atoms with van der Waals surface area (Å²) < 4.78 is 12.7. The number of ether oxygens (including phenoxy) is 2. The van der Waals surface area contributed by atoms with E-state index in [-0.39, 0.29) is 11.8 Å². The van der Waals surface area contributed by atoms with Gasteiger partial charge in [-0.05, 0) is 12.1 Å². The van der Waals surface area contributed by atoms with Crippen LogP contribution < -0.4 is 4.90 Å². The summed E-state index contributed by atoms with van der Waals surface area (Å²) in [5.74, 6) is -0.0552. The molecule has 25 heavy (non-hydrogen) atoms. The minimum Gasteiger partial charge on any atom is -0.347 e. The van der Waals surface area contributed by atoms with E-state index < -0.39 is 5.79 Å². The van der Waals surface area contributed by atoms with Gasteiger partial charge >= 0.3 is 0 Å². The second-order valence-corrected chi connectivity index (χ2v) is 8.01. The van der Waals surface area contributed by atoms with Gasteiger partial charge in [-0.2, -0.15) is 0 Å². The van der Waals surface area contributed by atoms with Crippen LogP contribution in [0.25, 0.3) is 10.2 Å². The van der Waals surface area contributed by atoms with Crippen LogP contribution in [0, 0.1) is 5.92 Å². The summed E-state index contributed by atoms with van der Waals surface area (Å²) >= 11 is 1.70.